The Balaban J connectivity index is 1.58. The van der Waals surface area contributed by atoms with Gasteiger partial charge in [0.05, 0.1) is 7.11 Å². The fraction of sp³-hybridized carbons (Fsp3) is 0.286. The van der Waals surface area contributed by atoms with Crippen molar-refractivity contribution in [2.75, 3.05) is 12.4 Å². The van der Waals surface area contributed by atoms with Crippen molar-refractivity contribution in [1.82, 2.24) is 4.90 Å². The number of ether oxygens (including phenoxy) is 1. The quantitative estimate of drug-likeness (QED) is 0.478. The number of nitrogens with zero attached hydrogens (tertiary/aromatic N) is 1. The van der Waals surface area contributed by atoms with E-state index in [2.05, 4.69) is 5.32 Å². The van der Waals surface area contributed by atoms with E-state index in [-0.39, 0.29) is 30.1 Å². The zero-order valence-corrected chi connectivity index (χ0v) is 20.0. The number of carbonyl (C=O) groups is 2. The van der Waals surface area contributed by atoms with Crippen molar-refractivity contribution in [1.29, 1.82) is 0 Å². The van der Waals surface area contributed by atoms with E-state index in [1.807, 2.05) is 6.07 Å². The van der Waals surface area contributed by atoms with Crippen LogP contribution in [0.2, 0.25) is 0 Å². The summed E-state index contributed by atoms with van der Waals surface area (Å²) >= 11 is 0. The first-order chi connectivity index (χ1) is 17.3. The highest BCUT2D eigenvalue weighted by atomic mass is 19.1. The van der Waals surface area contributed by atoms with Crippen LogP contribution in [0.5, 0.6) is 5.75 Å². The fourth-order valence-electron chi connectivity index (χ4n) is 4.62. The summed E-state index contributed by atoms with van der Waals surface area (Å²) in [5, 5.41) is 2.87. The summed E-state index contributed by atoms with van der Waals surface area (Å²) < 4.78 is 32.9. The molecule has 0 spiro atoms. The van der Waals surface area contributed by atoms with Gasteiger partial charge in [0, 0.05) is 41.5 Å². The molecule has 6 nitrogen and oxygen atoms in total. The van der Waals surface area contributed by atoms with Crippen LogP contribution in [-0.2, 0) is 6.54 Å². The predicted octanol–water partition coefficient (Wildman–Crippen LogP) is 5.14. The summed E-state index contributed by atoms with van der Waals surface area (Å²) in [6, 6.07) is 16.3. The second-order valence-corrected chi connectivity index (χ2v) is 8.99. The summed E-state index contributed by atoms with van der Waals surface area (Å²) in [6.07, 6.45) is 3.36. The van der Waals surface area contributed by atoms with Gasteiger partial charge in [0.1, 0.15) is 17.4 Å². The number of nitrogens with one attached hydrogen (secondary N) is 1. The molecular weight excluding hydrogens is 464 g/mol. The summed E-state index contributed by atoms with van der Waals surface area (Å²) in [6.45, 7) is 0.179. The first-order valence-electron chi connectivity index (χ1n) is 11.9. The number of methoxy groups -OCH3 is 1. The lowest BCUT2D eigenvalue weighted by Gasteiger charge is -2.38. The average Bonchev–Trinajstić information content (AvgIpc) is 2.87. The minimum absolute atomic E-state index is 0.0623. The highest BCUT2D eigenvalue weighted by molar-refractivity contribution is 6.04. The number of hydrogen-bond acceptors (Lipinski definition) is 4. The molecule has 3 aromatic carbocycles. The molecular formula is C28H29F2N3O3. The number of nitrogens with two attached hydrogens (primary N) is 1. The largest absolute Gasteiger partial charge is 0.497 e. The third-order valence-electron chi connectivity index (χ3n) is 6.42. The Bertz CT molecular complexity index is 1230. The summed E-state index contributed by atoms with van der Waals surface area (Å²) in [7, 11) is 1.53. The van der Waals surface area contributed by atoms with Crippen molar-refractivity contribution in [3.8, 4) is 5.75 Å². The van der Waals surface area contributed by atoms with Crippen LogP contribution in [0.4, 0.5) is 14.5 Å². The van der Waals surface area contributed by atoms with Crippen molar-refractivity contribution in [3.63, 3.8) is 0 Å². The number of amides is 2. The Morgan fingerprint density at radius 3 is 2.42 bits per heavy atom. The number of halogens is 2. The molecule has 0 aliphatic heterocycles. The molecule has 1 fully saturated rings. The van der Waals surface area contributed by atoms with Crippen molar-refractivity contribution < 1.29 is 23.1 Å². The Labute approximate surface area is 209 Å². The van der Waals surface area contributed by atoms with E-state index < -0.39 is 17.5 Å². The predicted molar refractivity (Wildman–Crippen MR) is 134 cm³/mol. The monoisotopic (exact) mass is 493 g/mol. The van der Waals surface area contributed by atoms with E-state index in [4.69, 9.17) is 10.5 Å². The maximum absolute atomic E-state index is 13.9. The molecule has 0 saturated heterocycles. The Kier molecular flexibility index (Phi) is 7.95. The molecule has 0 heterocycles. The number of anilines is 1. The standard InChI is InChI=1S/C28H29F2N3O3/c1-36-24-9-5-7-19(15-24)27(34)32-23-8-4-6-18(12-23)17-33(26-11-3-2-10-25(26)31)28(35)20-13-21(29)16-22(30)14-20/h4-9,12-16,25-26H,2-3,10-11,17,31H2,1H3,(H,32,34). The maximum Gasteiger partial charge on any atom is 0.255 e. The zero-order valence-electron chi connectivity index (χ0n) is 20.0. The van der Waals surface area contributed by atoms with Crippen molar-refractivity contribution in [3.05, 3.63) is 95.1 Å². The molecule has 0 bridgehead atoms. The van der Waals surface area contributed by atoms with Gasteiger partial charge in [-0.3, -0.25) is 9.59 Å². The van der Waals surface area contributed by atoms with Gasteiger partial charge >= 0.3 is 0 Å². The average molecular weight is 494 g/mol. The molecule has 1 aliphatic rings. The lowest BCUT2D eigenvalue weighted by atomic mass is 9.89. The highest BCUT2D eigenvalue weighted by Crippen LogP contribution is 2.26. The smallest absolute Gasteiger partial charge is 0.255 e. The Morgan fingerprint density at radius 2 is 1.69 bits per heavy atom. The van der Waals surface area contributed by atoms with E-state index in [9.17, 15) is 18.4 Å². The molecule has 8 heteroatoms. The van der Waals surface area contributed by atoms with Crippen LogP contribution >= 0.6 is 0 Å². The normalized spacial score (nSPS) is 17.3. The second kappa shape index (κ2) is 11.3. The van der Waals surface area contributed by atoms with E-state index in [0.717, 1.165) is 43.0 Å². The van der Waals surface area contributed by atoms with Crippen molar-refractivity contribution >= 4 is 17.5 Å². The molecule has 1 aliphatic carbocycles. The molecule has 2 amide bonds. The topological polar surface area (TPSA) is 84.7 Å². The molecule has 1 saturated carbocycles. The SMILES string of the molecule is COc1cccc(C(=O)Nc2cccc(CN(C(=O)c3cc(F)cc(F)c3)C3CCCCC3N)c2)c1. The second-order valence-electron chi connectivity index (χ2n) is 8.99. The lowest BCUT2D eigenvalue weighted by Crippen LogP contribution is -2.51. The van der Waals surface area contributed by atoms with Gasteiger partial charge in [-0.05, 0) is 60.9 Å². The van der Waals surface area contributed by atoms with Crippen LogP contribution in [0.25, 0.3) is 0 Å². The minimum atomic E-state index is -0.812. The molecule has 3 aromatic rings. The van der Waals surface area contributed by atoms with E-state index in [1.165, 1.54) is 7.11 Å². The van der Waals surface area contributed by atoms with Crippen molar-refractivity contribution in [2.24, 2.45) is 5.73 Å². The third kappa shape index (κ3) is 6.07. The first-order valence-corrected chi connectivity index (χ1v) is 11.9. The van der Waals surface area contributed by atoms with Crippen molar-refractivity contribution in [2.45, 2.75) is 44.3 Å². The minimum Gasteiger partial charge on any atom is -0.497 e. The van der Waals surface area contributed by atoms with Gasteiger partial charge in [0.25, 0.3) is 11.8 Å². The number of carbonyl (C=O) groups excluding carboxylic acids is 2. The fourth-order valence-corrected chi connectivity index (χ4v) is 4.62. The lowest BCUT2D eigenvalue weighted by molar-refractivity contribution is 0.0582. The maximum atomic E-state index is 13.9. The molecule has 0 aromatic heterocycles. The highest BCUT2D eigenvalue weighted by Gasteiger charge is 2.32. The van der Waals surface area contributed by atoms with Gasteiger partial charge in [-0.15, -0.1) is 0 Å². The Morgan fingerprint density at radius 1 is 0.972 bits per heavy atom. The van der Waals surface area contributed by atoms with Crippen LogP contribution in [0.3, 0.4) is 0 Å². The van der Waals surface area contributed by atoms with Crippen LogP contribution in [-0.4, -0.2) is 35.9 Å². The number of hydrogen-bond donors (Lipinski definition) is 2. The zero-order chi connectivity index (χ0) is 25.7. The van der Waals surface area contributed by atoms with Crippen LogP contribution in [0.1, 0.15) is 52.0 Å². The molecule has 2 unspecified atom stereocenters. The van der Waals surface area contributed by atoms with Crippen LogP contribution < -0.4 is 15.8 Å². The van der Waals surface area contributed by atoms with Gasteiger partial charge in [-0.1, -0.05) is 31.0 Å². The van der Waals surface area contributed by atoms with Gasteiger partial charge < -0.3 is 20.7 Å². The molecule has 0 radical (unpaired) electrons. The molecule has 2 atom stereocenters. The number of rotatable bonds is 7. The first kappa shape index (κ1) is 25.3. The van der Waals surface area contributed by atoms with E-state index in [1.54, 1.807) is 47.4 Å². The van der Waals surface area contributed by atoms with E-state index >= 15 is 0 Å². The van der Waals surface area contributed by atoms with Gasteiger partial charge in [-0.25, -0.2) is 8.78 Å². The molecule has 3 N–H and O–H groups in total. The Hall–Kier alpha value is -3.78. The van der Waals surface area contributed by atoms with Gasteiger partial charge in [0.15, 0.2) is 0 Å². The van der Waals surface area contributed by atoms with Crippen LogP contribution in [0.15, 0.2) is 66.7 Å². The summed E-state index contributed by atoms with van der Waals surface area (Å²) in [5.41, 5.74) is 8.07. The molecule has 4 rings (SSSR count). The van der Waals surface area contributed by atoms with E-state index in [0.29, 0.717) is 23.4 Å². The van der Waals surface area contributed by atoms with Gasteiger partial charge in [0.2, 0.25) is 0 Å². The third-order valence-corrected chi connectivity index (χ3v) is 6.42. The molecule has 188 valence electrons. The van der Waals surface area contributed by atoms with Gasteiger partial charge in [-0.2, -0.15) is 0 Å². The summed E-state index contributed by atoms with van der Waals surface area (Å²) in [5.74, 6) is -1.84. The molecule has 36 heavy (non-hydrogen) atoms. The van der Waals surface area contributed by atoms with Crippen LogP contribution in [0, 0.1) is 11.6 Å². The number of benzene rings is 3. The summed E-state index contributed by atoms with van der Waals surface area (Å²) in [4.78, 5) is 27.8.